The van der Waals surface area contributed by atoms with Crippen LogP contribution >= 0.6 is 0 Å². The topological polar surface area (TPSA) is 78.5 Å². The molecule has 0 aliphatic heterocycles. The van der Waals surface area contributed by atoms with Gasteiger partial charge in [-0.3, -0.25) is 5.10 Å². The van der Waals surface area contributed by atoms with Gasteiger partial charge in [-0.1, -0.05) is 6.07 Å². The van der Waals surface area contributed by atoms with E-state index in [2.05, 4.69) is 30.8 Å². The molecule has 6 nitrogen and oxygen atoms in total. The van der Waals surface area contributed by atoms with Crippen LogP contribution in [-0.2, 0) is 0 Å². The van der Waals surface area contributed by atoms with Crippen LogP contribution in [0.15, 0.2) is 54.6 Å². The molecule has 0 saturated heterocycles. The summed E-state index contributed by atoms with van der Waals surface area (Å²) in [7, 11) is 0. The second-order valence-corrected chi connectivity index (χ2v) is 7.02. The fourth-order valence-corrected chi connectivity index (χ4v) is 3.15. The molecule has 2 aromatic heterocycles. The maximum atomic E-state index is 14.1. The molecule has 4 rings (SSSR count). The van der Waals surface area contributed by atoms with Gasteiger partial charge in [0.15, 0.2) is 5.82 Å². The number of aromatic nitrogens is 4. The molecule has 0 radical (unpaired) electrons. The standard InChI is InChI=1S/C22H19F3N6/c1-12(17-8-7-16(24)9-18(17)25)26-20-11-21(28-13(2)27-20)29-22-10-19(30-31-22)14-3-5-15(23)6-4-14/h3-12H,1-2H3,(H3,26,27,28,29,30,31). The van der Waals surface area contributed by atoms with Gasteiger partial charge in [-0.05, 0) is 49.7 Å². The highest BCUT2D eigenvalue weighted by molar-refractivity contribution is 5.65. The van der Waals surface area contributed by atoms with E-state index in [1.165, 1.54) is 24.3 Å². The summed E-state index contributed by atoms with van der Waals surface area (Å²) >= 11 is 0. The Hall–Kier alpha value is -3.88. The number of aromatic amines is 1. The van der Waals surface area contributed by atoms with Gasteiger partial charge in [0.2, 0.25) is 0 Å². The molecule has 3 N–H and O–H groups in total. The van der Waals surface area contributed by atoms with Crippen LogP contribution in [0.4, 0.5) is 30.6 Å². The van der Waals surface area contributed by atoms with Crippen LogP contribution in [0, 0.1) is 24.4 Å². The lowest BCUT2D eigenvalue weighted by molar-refractivity contribution is 0.566. The van der Waals surface area contributed by atoms with Crippen molar-refractivity contribution in [2.24, 2.45) is 0 Å². The molecule has 0 fully saturated rings. The van der Waals surface area contributed by atoms with Crippen molar-refractivity contribution < 1.29 is 13.2 Å². The van der Waals surface area contributed by atoms with Gasteiger partial charge in [0.05, 0.1) is 11.7 Å². The fourth-order valence-electron chi connectivity index (χ4n) is 3.15. The zero-order chi connectivity index (χ0) is 22.0. The second-order valence-electron chi connectivity index (χ2n) is 7.02. The zero-order valence-electron chi connectivity index (χ0n) is 16.7. The molecule has 0 bridgehead atoms. The first-order valence-corrected chi connectivity index (χ1v) is 9.53. The van der Waals surface area contributed by atoms with Crippen molar-refractivity contribution in [3.63, 3.8) is 0 Å². The first-order chi connectivity index (χ1) is 14.9. The minimum absolute atomic E-state index is 0.312. The molecule has 1 atom stereocenters. The van der Waals surface area contributed by atoms with Crippen molar-refractivity contribution >= 4 is 17.5 Å². The van der Waals surface area contributed by atoms with Crippen molar-refractivity contribution in [2.75, 3.05) is 10.6 Å². The number of rotatable bonds is 6. The highest BCUT2D eigenvalue weighted by Gasteiger charge is 2.14. The van der Waals surface area contributed by atoms with Crippen LogP contribution in [0.25, 0.3) is 11.3 Å². The summed E-state index contributed by atoms with van der Waals surface area (Å²) in [5, 5.41) is 13.3. The number of hydrogen-bond acceptors (Lipinski definition) is 5. The maximum Gasteiger partial charge on any atom is 0.153 e. The lowest BCUT2D eigenvalue weighted by Crippen LogP contribution is -2.11. The molecule has 0 aliphatic rings. The van der Waals surface area contributed by atoms with E-state index in [9.17, 15) is 13.2 Å². The van der Waals surface area contributed by atoms with Crippen LogP contribution < -0.4 is 10.6 Å². The van der Waals surface area contributed by atoms with Crippen molar-refractivity contribution in [2.45, 2.75) is 19.9 Å². The van der Waals surface area contributed by atoms with Gasteiger partial charge in [-0.25, -0.2) is 23.1 Å². The normalized spacial score (nSPS) is 11.9. The quantitative estimate of drug-likeness (QED) is 0.380. The van der Waals surface area contributed by atoms with E-state index >= 15 is 0 Å². The minimum Gasteiger partial charge on any atom is -0.363 e. The van der Waals surface area contributed by atoms with E-state index in [-0.39, 0.29) is 5.82 Å². The molecule has 0 amide bonds. The third-order valence-corrected chi connectivity index (χ3v) is 4.62. The van der Waals surface area contributed by atoms with Gasteiger partial charge in [0, 0.05) is 23.8 Å². The molecule has 2 heterocycles. The lowest BCUT2D eigenvalue weighted by Gasteiger charge is -2.16. The van der Waals surface area contributed by atoms with E-state index in [0.717, 1.165) is 11.6 Å². The molecule has 158 valence electrons. The predicted molar refractivity (Wildman–Crippen MR) is 112 cm³/mol. The summed E-state index contributed by atoms with van der Waals surface area (Å²) in [5.74, 6) is 0.396. The molecule has 0 saturated carbocycles. The Bertz CT molecular complexity index is 1210. The van der Waals surface area contributed by atoms with E-state index in [4.69, 9.17) is 0 Å². The maximum absolute atomic E-state index is 14.1. The van der Waals surface area contributed by atoms with Gasteiger partial charge in [-0.15, -0.1) is 0 Å². The predicted octanol–water partition coefficient (Wildman–Crippen LogP) is 5.51. The summed E-state index contributed by atoms with van der Waals surface area (Å²) in [6, 6.07) is 12.5. The monoisotopic (exact) mass is 424 g/mol. The average Bonchev–Trinajstić information content (AvgIpc) is 3.16. The van der Waals surface area contributed by atoms with Crippen LogP contribution in [0.1, 0.15) is 24.4 Å². The molecular weight excluding hydrogens is 405 g/mol. The smallest absolute Gasteiger partial charge is 0.153 e. The SMILES string of the molecule is Cc1nc(Nc2cc(-c3ccc(F)cc3)[nH]n2)cc(NC(C)c2ccc(F)cc2F)n1. The molecule has 0 spiro atoms. The van der Waals surface area contributed by atoms with E-state index in [1.54, 1.807) is 38.1 Å². The third-order valence-electron chi connectivity index (χ3n) is 4.62. The van der Waals surface area contributed by atoms with Gasteiger partial charge in [0.1, 0.15) is 34.9 Å². The highest BCUT2D eigenvalue weighted by Crippen LogP contribution is 2.25. The Kier molecular flexibility index (Phi) is 5.57. The lowest BCUT2D eigenvalue weighted by atomic mass is 10.1. The molecule has 9 heteroatoms. The Balaban J connectivity index is 1.51. The zero-order valence-corrected chi connectivity index (χ0v) is 16.7. The largest absolute Gasteiger partial charge is 0.363 e. The molecule has 0 aliphatic carbocycles. The number of anilines is 3. The number of benzene rings is 2. The number of halogens is 3. The van der Waals surface area contributed by atoms with Gasteiger partial charge in [0.25, 0.3) is 0 Å². The molecule has 1 unspecified atom stereocenters. The summed E-state index contributed by atoms with van der Waals surface area (Å²) in [6.07, 6.45) is 0. The van der Waals surface area contributed by atoms with E-state index in [0.29, 0.717) is 34.5 Å². The van der Waals surface area contributed by atoms with E-state index < -0.39 is 17.7 Å². The Morgan fingerprint density at radius 1 is 0.839 bits per heavy atom. The number of H-pyrrole nitrogens is 1. The van der Waals surface area contributed by atoms with Crippen molar-refractivity contribution in [3.8, 4) is 11.3 Å². The van der Waals surface area contributed by atoms with Gasteiger partial charge >= 0.3 is 0 Å². The van der Waals surface area contributed by atoms with Crippen LogP contribution in [-0.4, -0.2) is 20.2 Å². The number of hydrogen-bond donors (Lipinski definition) is 3. The third kappa shape index (κ3) is 4.82. The summed E-state index contributed by atoms with van der Waals surface area (Å²) in [5.41, 5.74) is 1.83. The van der Waals surface area contributed by atoms with Crippen LogP contribution in [0.2, 0.25) is 0 Å². The molecule has 2 aromatic carbocycles. The Morgan fingerprint density at radius 3 is 2.29 bits per heavy atom. The van der Waals surface area contributed by atoms with Crippen molar-refractivity contribution in [3.05, 3.63) is 83.4 Å². The average molecular weight is 424 g/mol. The first-order valence-electron chi connectivity index (χ1n) is 9.53. The summed E-state index contributed by atoms with van der Waals surface area (Å²) < 4.78 is 40.3. The van der Waals surface area contributed by atoms with Crippen LogP contribution in [0.5, 0.6) is 0 Å². The number of nitrogens with zero attached hydrogens (tertiary/aromatic N) is 3. The fraction of sp³-hybridized carbons (Fsp3) is 0.136. The molecular formula is C22H19F3N6. The summed E-state index contributed by atoms with van der Waals surface area (Å²) in [6.45, 7) is 3.48. The molecule has 4 aromatic rings. The van der Waals surface area contributed by atoms with Crippen LogP contribution in [0.3, 0.4) is 0 Å². The first kappa shape index (κ1) is 20.4. The summed E-state index contributed by atoms with van der Waals surface area (Å²) in [4.78, 5) is 8.67. The van der Waals surface area contributed by atoms with Crippen molar-refractivity contribution in [1.82, 2.24) is 20.2 Å². The second kappa shape index (κ2) is 8.47. The highest BCUT2D eigenvalue weighted by atomic mass is 19.1. The van der Waals surface area contributed by atoms with Gasteiger partial charge in [-0.2, -0.15) is 5.10 Å². The number of nitrogens with one attached hydrogen (secondary N) is 3. The van der Waals surface area contributed by atoms with E-state index in [1.807, 2.05) is 0 Å². The Labute approximate surface area is 176 Å². The Morgan fingerprint density at radius 2 is 1.55 bits per heavy atom. The van der Waals surface area contributed by atoms with Crippen molar-refractivity contribution in [1.29, 1.82) is 0 Å². The minimum atomic E-state index is -0.631. The molecule has 31 heavy (non-hydrogen) atoms. The van der Waals surface area contributed by atoms with Gasteiger partial charge < -0.3 is 10.6 Å². The number of aryl methyl sites for hydroxylation is 1.